The van der Waals surface area contributed by atoms with Gasteiger partial charge in [-0.1, -0.05) is 69.3 Å². The topological polar surface area (TPSA) is 82.9 Å². The van der Waals surface area contributed by atoms with E-state index in [-0.39, 0.29) is 11.0 Å². The number of para-hydroxylation sites is 1. The van der Waals surface area contributed by atoms with Crippen LogP contribution in [0.3, 0.4) is 0 Å². The Bertz CT molecular complexity index is 895. The lowest BCUT2D eigenvalue weighted by Crippen LogP contribution is -2.62. The molecule has 0 amide bonds. The Hall–Kier alpha value is -1.83. The largest absolute Gasteiger partial charge is 0.416 e. The molecule has 0 saturated carbocycles. The van der Waals surface area contributed by atoms with Crippen LogP contribution in [0.5, 0.6) is 0 Å². The molecule has 31 heavy (non-hydrogen) atoms. The maximum absolute atomic E-state index is 7.12. The average Bonchev–Trinajstić information content (AvgIpc) is 2.73. The van der Waals surface area contributed by atoms with Crippen molar-refractivity contribution < 1.29 is 9.16 Å². The molecular formula is C25H37N3O2Si. The van der Waals surface area contributed by atoms with Gasteiger partial charge in [0.05, 0.1) is 30.5 Å². The fourth-order valence-electron chi connectivity index (χ4n) is 3.65. The number of rotatable bonds is 8. The van der Waals surface area contributed by atoms with Crippen molar-refractivity contribution in [3.05, 3.63) is 65.7 Å². The lowest BCUT2D eigenvalue weighted by molar-refractivity contribution is 0.0272. The van der Waals surface area contributed by atoms with Gasteiger partial charge in [-0.2, -0.15) is 0 Å². The van der Waals surface area contributed by atoms with Crippen LogP contribution in [0.25, 0.3) is 0 Å². The van der Waals surface area contributed by atoms with Gasteiger partial charge in [0.25, 0.3) is 0 Å². The van der Waals surface area contributed by atoms with Crippen LogP contribution >= 0.6 is 0 Å². The van der Waals surface area contributed by atoms with Crippen LogP contribution in [0.4, 0.5) is 5.69 Å². The zero-order valence-electron chi connectivity index (χ0n) is 19.5. The summed E-state index contributed by atoms with van der Waals surface area (Å²) in [5.74, 6) is -0.117. The summed E-state index contributed by atoms with van der Waals surface area (Å²) in [5.41, 5.74) is 15.8. The molecule has 4 N–H and O–H groups in total. The maximum Gasteiger partial charge on any atom is 0.191 e. The summed E-state index contributed by atoms with van der Waals surface area (Å²) in [6.45, 7) is 12.7. The summed E-state index contributed by atoms with van der Waals surface area (Å²) in [6.07, 6.45) is 1.76. The second-order valence-electron chi connectivity index (χ2n) is 10.0. The molecule has 1 aliphatic rings. The van der Waals surface area contributed by atoms with Gasteiger partial charge in [0.2, 0.25) is 0 Å². The van der Waals surface area contributed by atoms with E-state index in [1.807, 2.05) is 42.5 Å². The highest BCUT2D eigenvalue weighted by molar-refractivity contribution is 6.74. The number of hydrogen-bond donors (Lipinski definition) is 2. The summed E-state index contributed by atoms with van der Waals surface area (Å²) in [6, 6.07) is 17.7. The summed E-state index contributed by atoms with van der Waals surface area (Å²) in [4.78, 5) is 4.52. The van der Waals surface area contributed by atoms with Gasteiger partial charge in [0.15, 0.2) is 8.32 Å². The number of fused-ring (bicyclic) bond motifs is 1. The van der Waals surface area contributed by atoms with Crippen LogP contribution in [0.15, 0.2) is 59.6 Å². The summed E-state index contributed by atoms with van der Waals surface area (Å²) >= 11 is 0. The fraction of sp³-hybridized carbons (Fsp3) is 0.480. The van der Waals surface area contributed by atoms with Crippen LogP contribution in [-0.2, 0) is 21.3 Å². The molecule has 0 bridgehead atoms. The predicted octanol–water partition coefficient (Wildman–Crippen LogP) is 4.74. The van der Waals surface area contributed by atoms with Gasteiger partial charge in [-0.25, -0.2) is 0 Å². The smallest absolute Gasteiger partial charge is 0.191 e. The van der Waals surface area contributed by atoms with Gasteiger partial charge in [0.1, 0.15) is 0 Å². The Morgan fingerprint density at radius 1 is 1.03 bits per heavy atom. The highest BCUT2D eigenvalue weighted by atomic mass is 28.4. The molecule has 6 heteroatoms. The van der Waals surface area contributed by atoms with Crippen LogP contribution in [-0.4, -0.2) is 33.8 Å². The standard InChI is InChI=1S/C25H37N3O2Si/c1-24(2,3)31(4,5)30-18-20(17-29-16-19-11-7-6-8-12-19)25(27)21-13-9-10-14-22(21)28-15-23(25)26/h6-15,20,23H,16-18,26-27H2,1-5H3/t20-,23?,25?/m0/s1. The number of nitrogens with zero attached hydrogens (tertiary/aromatic N) is 1. The second-order valence-corrected chi connectivity index (χ2v) is 14.8. The number of benzene rings is 2. The Balaban J connectivity index is 1.86. The Morgan fingerprint density at radius 2 is 1.68 bits per heavy atom. The van der Waals surface area contributed by atoms with E-state index < -0.39 is 19.9 Å². The van der Waals surface area contributed by atoms with Gasteiger partial charge in [0, 0.05) is 18.7 Å². The molecule has 2 aromatic rings. The predicted molar refractivity (Wildman–Crippen MR) is 131 cm³/mol. The van der Waals surface area contributed by atoms with E-state index in [9.17, 15) is 0 Å². The first-order valence-corrected chi connectivity index (χ1v) is 13.9. The third-order valence-electron chi connectivity index (χ3n) is 6.85. The molecule has 168 valence electrons. The van der Waals surface area contributed by atoms with Crippen LogP contribution in [0.1, 0.15) is 31.9 Å². The second kappa shape index (κ2) is 9.34. The Labute approximate surface area is 188 Å². The average molecular weight is 440 g/mol. The van der Waals surface area contributed by atoms with E-state index in [0.29, 0.717) is 19.8 Å². The highest BCUT2D eigenvalue weighted by Crippen LogP contribution is 2.41. The number of nitrogens with two attached hydrogens (primary N) is 2. The van der Waals surface area contributed by atoms with Crippen molar-refractivity contribution in [1.29, 1.82) is 0 Å². The van der Waals surface area contributed by atoms with Crippen LogP contribution < -0.4 is 11.5 Å². The van der Waals surface area contributed by atoms with Crippen molar-refractivity contribution in [2.75, 3.05) is 13.2 Å². The molecule has 2 aromatic carbocycles. The van der Waals surface area contributed by atoms with E-state index in [0.717, 1.165) is 16.8 Å². The Kier molecular flexibility index (Phi) is 7.18. The van der Waals surface area contributed by atoms with Crippen LogP contribution in [0.2, 0.25) is 18.1 Å². The van der Waals surface area contributed by atoms with E-state index >= 15 is 0 Å². The first-order valence-electron chi connectivity index (χ1n) is 11.0. The Morgan fingerprint density at radius 3 is 2.35 bits per heavy atom. The molecule has 0 radical (unpaired) electrons. The minimum Gasteiger partial charge on any atom is -0.416 e. The lowest BCUT2D eigenvalue weighted by atomic mass is 9.72. The molecule has 0 saturated heterocycles. The van der Waals surface area contributed by atoms with Crippen molar-refractivity contribution >= 4 is 20.2 Å². The van der Waals surface area contributed by atoms with Crippen molar-refractivity contribution in [1.82, 2.24) is 0 Å². The summed E-state index contributed by atoms with van der Waals surface area (Å²) in [5, 5.41) is 0.109. The number of aliphatic imine (C=N–C) groups is 1. The summed E-state index contributed by atoms with van der Waals surface area (Å²) < 4.78 is 12.8. The maximum atomic E-state index is 7.12. The molecule has 0 spiro atoms. The molecule has 0 aliphatic carbocycles. The number of ether oxygens (including phenoxy) is 1. The van der Waals surface area contributed by atoms with Crippen molar-refractivity contribution in [2.24, 2.45) is 22.4 Å². The van der Waals surface area contributed by atoms with Gasteiger partial charge in [-0.15, -0.1) is 0 Å². The molecule has 1 heterocycles. The molecule has 3 atom stereocenters. The van der Waals surface area contributed by atoms with E-state index in [2.05, 4.69) is 51.0 Å². The summed E-state index contributed by atoms with van der Waals surface area (Å²) in [7, 11) is -1.97. The zero-order valence-corrected chi connectivity index (χ0v) is 20.5. The number of hydrogen-bond acceptors (Lipinski definition) is 5. The van der Waals surface area contributed by atoms with Gasteiger partial charge >= 0.3 is 0 Å². The molecule has 1 aliphatic heterocycles. The first kappa shape index (κ1) is 23.8. The molecule has 3 rings (SSSR count). The van der Waals surface area contributed by atoms with Gasteiger partial charge in [-0.05, 0) is 35.3 Å². The zero-order chi connectivity index (χ0) is 22.7. The van der Waals surface area contributed by atoms with Crippen molar-refractivity contribution in [3.63, 3.8) is 0 Å². The normalized spacial score (nSPS) is 22.2. The quantitative estimate of drug-likeness (QED) is 0.582. The van der Waals surface area contributed by atoms with Gasteiger partial charge < -0.3 is 20.6 Å². The lowest BCUT2D eigenvalue weighted by Gasteiger charge is -2.45. The van der Waals surface area contributed by atoms with E-state index in [1.54, 1.807) is 6.21 Å². The monoisotopic (exact) mass is 439 g/mol. The van der Waals surface area contributed by atoms with E-state index in [1.165, 1.54) is 0 Å². The fourth-order valence-corrected chi connectivity index (χ4v) is 4.70. The minimum atomic E-state index is -1.97. The SMILES string of the molecule is CC(C)(C)[Si](C)(C)OC[C@H](COCc1ccccc1)C1(N)c2ccccc2N=CC1N. The van der Waals surface area contributed by atoms with Crippen molar-refractivity contribution in [3.8, 4) is 0 Å². The van der Waals surface area contributed by atoms with Gasteiger partial charge in [-0.3, -0.25) is 4.99 Å². The molecule has 5 nitrogen and oxygen atoms in total. The van der Waals surface area contributed by atoms with E-state index in [4.69, 9.17) is 20.6 Å². The molecule has 0 aromatic heterocycles. The third-order valence-corrected chi connectivity index (χ3v) is 11.4. The molecule has 0 fully saturated rings. The first-order chi connectivity index (χ1) is 14.6. The third kappa shape index (κ3) is 5.15. The minimum absolute atomic E-state index is 0.109. The molecule has 2 unspecified atom stereocenters. The van der Waals surface area contributed by atoms with Crippen LogP contribution in [0, 0.1) is 5.92 Å². The van der Waals surface area contributed by atoms with Crippen molar-refractivity contribution in [2.45, 2.75) is 57.1 Å². The highest BCUT2D eigenvalue weighted by Gasteiger charge is 2.46. The molecular weight excluding hydrogens is 402 g/mol.